The smallest absolute Gasteiger partial charge is 0.258 e. The van der Waals surface area contributed by atoms with Gasteiger partial charge in [0.1, 0.15) is 11.5 Å². The zero-order chi connectivity index (χ0) is 19.1. The minimum absolute atomic E-state index is 0.0320. The lowest BCUT2D eigenvalue weighted by Crippen LogP contribution is -2.27. The van der Waals surface area contributed by atoms with Crippen LogP contribution in [-0.4, -0.2) is 48.0 Å². The molecule has 0 bridgehead atoms. The van der Waals surface area contributed by atoms with Gasteiger partial charge in [-0.05, 0) is 37.1 Å². The van der Waals surface area contributed by atoms with Crippen LogP contribution in [0.15, 0.2) is 53.7 Å². The Bertz CT molecular complexity index is 1210. The van der Waals surface area contributed by atoms with Crippen molar-refractivity contribution in [1.82, 2.24) is 28.9 Å². The van der Waals surface area contributed by atoms with Crippen molar-refractivity contribution in [1.29, 1.82) is 0 Å². The first-order chi connectivity index (χ1) is 13.6. The molecular formula is C20H21N7O. The number of aryl methyl sites for hydroxylation is 1. The number of pyridine rings is 1. The third-order valence-corrected chi connectivity index (χ3v) is 5.13. The predicted molar refractivity (Wildman–Crippen MR) is 106 cm³/mol. The van der Waals surface area contributed by atoms with E-state index in [2.05, 4.69) is 25.3 Å². The molecule has 0 amide bonds. The third-order valence-electron chi connectivity index (χ3n) is 5.13. The third kappa shape index (κ3) is 3.22. The van der Waals surface area contributed by atoms with Crippen molar-refractivity contribution in [2.75, 3.05) is 18.4 Å². The van der Waals surface area contributed by atoms with E-state index in [-0.39, 0.29) is 5.56 Å². The van der Waals surface area contributed by atoms with Crippen molar-refractivity contribution in [2.45, 2.75) is 25.9 Å². The van der Waals surface area contributed by atoms with Gasteiger partial charge in [-0.1, -0.05) is 6.07 Å². The highest BCUT2D eigenvalue weighted by Crippen LogP contribution is 2.16. The van der Waals surface area contributed by atoms with E-state index in [1.165, 1.54) is 0 Å². The van der Waals surface area contributed by atoms with Crippen molar-refractivity contribution >= 4 is 17.1 Å². The average molecular weight is 375 g/mol. The van der Waals surface area contributed by atoms with Gasteiger partial charge in [-0.15, -0.1) is 5.10 Å². The Kier molecular flexibility index (Phi) is 4.05. The van der Waals surface area contributed by atoms with E-state index in [1.54, 1.807) is 21.2 Å². The molecule has 1 fully saturated rings. The maximum Gasteiger partial charge on any atom is 0.258 e. The van der Waals surface area contributed by atoms with Crippen LogP contribution in [0.4, 0.5) is 5.82 Å². The number of fused-ring (bicyclic) bond motifs is 2. The Morgan fingerprint density at radius 1 is 1.21 bits per heavy atom. The molecule has 0 aliphatic carbocycles. The van der Waals surface area contributed by atoms with Gasteiger partial charge >= 0.3 is 0 Å². The van der Waals surface area contributed by atoms with Crippen LogP contribution in [0, 0.1) is 6.92 Å². The molecule has 0 aromatic carbocycles. The van der Waals surface area contributed by atoms with E-state index in [0.717, 1.165) is 42.2 Å². The highest BCUT2D eigenvalue weighted by molar-refractivity contribution is 5.44. The number of likely N-dealkylation sites (tertiary alicyclic amines) is 1. The van der Waals surface area contributed by atoms with Crippen molar-refractivity contribution in [2.24, 2.45) is 0 Å². The quantitative estimate of drug-likeness (QED) is 0.585. The van der Waals surface area contributed by atoms with Gasteiger partial charge in [0.25, 0.3) is 5.56 Å². The molecule has 1 unspecified atom stereocenters. The van der Waals surface area contributed by atoms with Gasteiger partial charge in [-0.25, -0.2) is 14.5 Å². The second kappa shape index (κ2) is 6.72. The molecule has 1 atom stereocenters. The highest BCUT2D eigenvalue weighted by atomic mass is 16.1. The molecule has 0 spiro atoms. The summed E-state index contributed by atoms with van der Waals surface area (Å²) >= 11 is 0. The number of aromatic nitrogens is 5. The van der Waals surface area contributed by atoms with Crippen LogP contribution < -0.4 is 10.9 Å². The Morgan fingerprint density at radius 2 is 2.11 bits per heavy atom. The van der Waals surface area contributed by atoms with Gasteiger partial charge in [0, 0.05) is 50.3 Å². The summed E-state index contributed by atoms with van der Waals surface area (Å²) in [7, 11) is 0. The van der Waals surface area contributed by atoms with Crippen LogP contribution in [0.5, 0.6) is 0 Å². The van der Waals surface area contributed by atoms with Crippen LogP contribution in [-0.2, 0) is 6.54 Å². The second-order valence-electron chi connectivity index (χ2n) is 7.33. The summed E-state index contributed by atoms with van der Waals surface area (Å²) in [6.07, 6.45) is 6.43. The number of nitrogens with one attached hydrogen (secondary N) is 1. The van der Waals surface area contributed by atoms with E-state index in [1.807, 2.05) is 43.6 Å². The molecule has 5 rings (SSSR count). The van der Waals surface area contributed by atoms with Crippen LogP contribution in [0.2, 0.25) is 0 Å². The van der Waals surface area contributed by atoms with Crippen molar-refractivity contribution < 1.29 is 0 Å². The van der Waals surface area contributed by atoms with Crippen LogP contribution in [0.25, 0.3) is 11.3 Å². The summed E-state index contributed by atoms with van der Waals surface area (Å²) in [6.45, 7) is 4.49. The van der Waals surface area contributed by atoms with Crippen LogP contribution >= 0.6 is 0 Å². The first-order valence-corrected chi connectivity index (χ1v) is 9.42. The van der Waals surface area contributed by atoms with Crippen LogP contribution in [0.3, 0.4) is 0 Å². The zero-order valence-electron chi connectivity index (χ0n) is 15.6. The fraction of sp³-hybridized carbons (Fsp3) is 0.300. The molecular weight excluding hydrogens is 354 g/mol. The summed E-state index contributed by atoms with van der Waals surface area (Å²) < 4.78 is 3.37. The number of hydrogen-bond donors (Lipinski definition) is 1. The fourth-order valence-corrected chi connectivity index (χ4v) is 3.76. The van der Waals surface area contributed by atoms with E-state index < -0.39 is 0 Å². The molecule has 1 saturated heterocycles. The Labute approximate surface area is 161 Å². The SMILES string of the molecule is Cc1ccc2nc(CN3CCC(Nc4ccc5nccn5n4)C3)cc(=O)n2c1. The number of imidazole rings is 1. The number of hydrogen-bond acceptors (Lipinski definition) is 6. The number of anilines is 1. The van der Waals surface area contributed by atoms with Crippen molar-refractivity contribution in [3.05, 3.63) is 70.5 Å². The summed E-state index contributed by atoms with van der Waals surface area (Å²) in [5.74, 6) is 0.842. The minimum atomic E-state index is -0.0320. The average Bonchev–Trinajstić information content (AvgIpc) is 3.31. The fourth-order valence-electron chi connectivity index (χ4n) is 3.76. The maximum absolute atomic E-state index is 12.4. The lowest BCUT2D eigenvalue weighted by molar-refractivity contribution is 0.324. The standard InChI is InChI=1S/C20H21N7O/c1-14-2-4-19-23-16(10-20(28)26(19)11-14)13-25-8-6-15(12-25)22-17-3-5-18-21-7-9-27(18)24-17/h2-5,7,9-11,15H,6,8,12-13H2,1H3,(H,22,24). The molecule has 8 heteroatoms. The summed E-state index contributed by atoms with van der Waals surface area (Å²) in [5, 5.41) is 8.03. The van der Waals surface area contributed by atoms with E-state index in [4.69, 9.17) is 0 Å². The van der Waals surface area contributed by atoms with Gasteiger partial charge in [-0.3, -0.25) is 14.1 Å². The maximum atomic E-state index is 12.4. The van der Waals surface area contributed by atoms with Crippen LogP contribution in [0.1, 0.15) is 17.7 Å². The summed E-state index contributed by atoms with van der Waals surface area (Å²) in [4.78, 5) is 23.6. The molecule has 0 saturated carbocycles. The zero-order valence-corrected chi connectivity index (χ0v) is 15.6. The van der Waals surface area contributed by atoms with Crippen molar-refractivity contribution in [3.8, 4) is 0 Å². The van der Waals surface area contributed by atoms with Gasteiger partial charge in [0.15, 0.2) is 5.65 Å². The lowest BCUT2D eigenvalue weighted by Gasteiger charge is -2.17. The molecule has 4 aromatic heterocycles. The lowest BCUT2D eigenvalue weighted by atomic mass is 10.2. The van der Waals surface area contributed by atoms with Gasteiger partial charge in [0.2, 0.25) is 0 Å². The Hall–Kier alpha value is -3.26. The highest BCUT2D eigenvalue weighted by Gasteiger charge is 2.23. The molecule has 142 valence electrons. The topological polar surface area (TPSA) is 79.8 Å². The largest absolute Gasteiger partial charge is 0.365 e. The van der Waals surface area contributed by atoms with E-state index >= 15 is 0 Å². The summed E-state index contributed by atoms with van der Waals surface area (Å²) in [5.41, 5.74) is 3.35. The molecule has 28 heavy (non-hydrogen) atoms. The normalized spacial score (nSPS) is 17.5. The monoisotopic (exact) mass is 375 g/mol. The van der Waals surface area contributed by atoms with E-state index in [0.29, 0.717) is 18.2 Å². The molecule has 1 aliphatic heterocycles. The molecule has 8 nitrogen and oxygen atoms in total. The Balaban J connectivity index is 1.28. The molecule has 4 aromatic rings. The summed E-state index contributed by atoms with van der Waals surface area (Å²) in [6, 6.07) is 9.74. The van der Waals surface area contributed by atoms with Gasteiger partial charge < -0.3 is 5.32 Å². The second-order valence-corrected chi connectivity index (χ2v) is 7.33. The van der Waals surface area contributed by atoms with Gasteiger partial charge in [0.05, 0.1) is 5.69 Å². The first-order valence-electron chi connectivity index (χ1n) is 9.42. The number of rotatable bonds is 4. The Morgan fingerprint density at radius 3 is 3.04 bits per heavy atom. The molecule has 5 heterocycles. The predicted octanol–water partition coefficient (Wildman–Crippen LogP) is 1.73. The molecule has 0 radical (unpaired) electrons. The number of nitrogens with zero attached hydrogens (tertiary/aromatic N) is 6. The minimum Gasteiger partial charge on any atom is -0.365 e. The van der Waals surface area contributed by atoms with E-state index in [9.17, 15) is 4.79 Å². The van der Waals surface area contributed by atoms with Crippen molar-refractivity contribution in [3.63, 3.8) is 0 Å². The molecule has 1 N–H and O–H groups in total. The van der Waals surface area contributed by atoms with Gasteiger partial charge in [-0.2, -0.15) is 0 Å². The molecule has 1 aliphatic rings. The first kappa shape index (κ1) is 16.9.